The fourth-order valence-corrected chi connectivity index (χ4v) is 6.89. The molecule has 0 bridgehead atoms. The zero-order valence-corrected chi connectivity index (χ0v) is 33.9. The molecule has 1 aliphatic carbocycles. The summed E-state index contributed by atoms with van der Waals surface area (Å²) in [6.07, 6.45) is 5.89. The van der Waals surface area contributed by atoms with Crippen molar-refractivity contribution in [2.45, 2.75) is 82.1 Å². The minimum atomic E-state index is -1.70. The first-order valence-corrected chi connectivity index (χ1v) is 19.5. The highest BCUT2D eigenvalue weighted by atomic mass is 16.7. The first kappa shape index (κ1) is 47.2. The molecule has 10 N–H and O–H groups in total. The number of aliphatic hydroxyl groups is 7. The summed E-state index contributed by atoms with van der Waals surface area (Å²) in [5, 5.41) is 102. The van der Waals surface area contributed by atoms with E-state index in [2.05, 4.69) is 0 Å². The van der Waals surface area contributed by atoms with E-state index < -0.39 is 96.3 Å². The lowest BCUT2D eigenvalue weighted by atomic mass is 9.73. The Balaban J connectivity index is 1.11. The monoisotopic (exact) mass is 862 g/mol. The Hall–Kier alpha value is -5.89. The summed E-state index contributed by atoms with van der Waals surface area (Å²) in [6, 6.07) is 4.57. The van der Waals surface area contributed by atoms with Crippen molar-refractivity contribution in [3.63, 3.8) is 0 Å². The zero-order chi connectivity index (χ0) is 45.4. The van der Waals surface area contributed by atoms with E-state index in [-0.39, 0.29) is 57.4 Å². The second-order valence-corrected chi connectivity index (χ2v) is 15.1. The standard InChI is InChI=1S/C45H50O17/c1-22(12-10-14-24(3)44(58)62-45-42(56)41(55)39(53)35(20-46)61-45)11-8-6-4-5-7-9-13-23(2)43(57)59-21-25-15-27(38(52)40(54)36(25)50)26-16-28-33(18-30(26)47)60-34-19-32(49)31(48)17-29(34)37(28)51/h4-14,16-19,25,27,35-36,38-42,45-50,52-56H,15,20-21H2,1-3H3/b5-4+,8-6-,9-7+,12-10+,22-11+,23-13+,24-14+/t25-,27+,35+,36-,38+,39-,40+,41+,42+,45+/m0/s1. The van der Waals surface area contributed by atoms with E-state index in [9.17, 15) is 65.4 Å². The molecule has 332 valence electrons. The lowest BCUT2D eigenvalue weighted by molar-refractivity contribution is -0.291. The maximum Gasteiger partial charge on any atom is 0.336 e. The third-order valence-electron chi connectivity index (χ3n) is 10.6. The number of aliphatic hydroxyl groups excluding tert-OH is 7. The summed E-state index contributed by atoms with van der Waals surface area (Å²) in [6.45, 7) is 3.84. The van der Waals surface area contributed by atoms with Gasteiger partial charge in [-0.05, 0) is 39.3 Å². The second kappa shape index (κ2) is 20.8. The van der Waals surface area contributed by atoms with E-state index >= 15 is 0 Å². The normalized spacial score (nSPS) is 27.9. The summed E-state index contributed by atoms with van der Waals surface area (Å²) in [5.41, 5.74) is 0.644. The predicted molar refractivity (Wildman–Crippen MR) is 223 cm³/mol. The SMILES string of the molecule is CC(/C=C/C=C(\C)C(=O)O[C@H]1O[C@H](CO)[C@H](O)[C@@H](O)[C@H]1O)=C\C=C/C=C/C=C/C=C(\C)C(=O)OC[C@@H]1C[C@H](c2cc3c(=O)c4cc(O)c(O)cc4oc3cc2O)[C@@H](O)[C@H](O)[C@H]1O. The maximum atomic E-state index is 13.3. The van der Waals surface area contributed by atoms with Gasteiger partial charge in [-0.1, -0.05) is 72.4 Å². The van der Waals surface area contributed by atoms with Crippen LogP contribution in [-0.2, 0) is 23.8 Å². The molecule has 17 heteroatoms. The van der Waals surface area contributed by atoms with Crippen molar-refractivity contribution in [1.82, 2.24) is 0 Å². The Labute approximate surface area is 354 Å². The molecule has 5 rings (SSSR count). The summed E-state index contributed by atoms with van der Waals surface area (Å²) >= 11 is 0. The van der Waals surface area contributed by atoms with Crippen LogP contribution in [0.5, 0.6) is 17.2 Å². The van der Waals surface area contributed by atoms with Crippen LogP contribution in [-0.4, -0.2) is 125 Å². The summed E-state index contributed by atoms with van der Waals surface area (Å²) in [4.78, 5) is 38.5. The highest BCUT2D eigenvalue weighted by Crippen LogP contribution is 2.42. The molecule has 3 aromatic rings. The van der Waals surface area contributed by atoms with E-state index in [1.54, 1.807) is 54.7 Å². The van der Waals surface area contributed by atoms with Gasteiger partial charge < -0.3 is 69.7 Å². The quantitative estimate of drug-likeness (QED) is 0.0387. The van der Waals surface area contributed by atoms with Crippen molar-refractivity contribution in [1.29, 1.82) is 0 Å². The van der Waals surface area contributed by atoms with Crippen LogP contribution in [0.2, 0.25) is 0 Å². The Morgan fingerprint density at radius 2 is 1.24 bits per heavy atom. The van der Waals surface area contributed by atoms with Gasteiger partial charge in [-0.15, -0.1) is 0 Å². The van der Waals surface area contributed by atoms with E-state index in [1.807, 2.05) is 6.92 Å². The Morgan fingerprint density at radius 1 is 0.677 bits per heavy atom. The zero-order valence-electron chi connectivity index (χ0n) is 33.9. The van der Waals surface area contributed by atoms with Crippen LogP contribution in [0, 0.1) is 5.92 Å². The van der Waals surface area contributed by atoms with Gasteiger partial charge in [0.1, 0.15) is 47.4 Å². The lowest BCUT2D eigenvalue weighted by Gasteiger charge is -2.40. The van der Waals surface area contributed by atoms with Crippen molar-refractivity contribution in [3.8, 4) is 17.2 Å². The van der Waals surface area contributed by atoms with Crippen molar-refractivity contribution in [2.75, 3.05) is 13.2 Å². The molecular weight excluding hydrogens is 812 g/mol. The molecule has 1 saturated heterocycles. The molecule has 2 heterocycles. The lowest BCUT2D eigenvalue weighted by Crippen LogP contribution is -2.59. The van der Waals surface area contributed by atoms with Gasteiger partial charge in [-0.25, -0.2) is 9.59 Å². The number of rotatable bonds is 13. The van der Waals surface area contributed by atoms with Crippen molar-refractivity contribution in [3.05, 3.63) is 124 Å². The van der Waals surface area contributed by atoms with Crippen molar-refractivity contribution in [2.24, 2.45) is 5.92 Å². The number of esters is 2. The number of allylic oxidation sites excluding steroid dienone is 12. The number of carbonyl (C=O) groups is 2. The predicted octanol–water partition coefficient (Wildman–Crippen LogP) is 2.20. The number of phenols is 3. The van der Waals surface area contributed by atoms with Crippen LogP contribution in [0.15, 0.2) is 117 Å². The fourth-order valence-electron chi connectivity index (χ4n) is 6.89. The molecule has 0 unspecified atom stereocenters. The topological polar surface area (TPSA) is 294 Å². The molecule has 0 spiro atoms. The van der Waals surface area contributed by atoms with Gasteiger partial charge in [0.05, 0.1) is 36.2 Å². The molecule has 0 amide bonds. The largest absolute Gasteiger partial charge is 0.508 e. The van der Waals surface area contributed by atoms with Crippen LogP contribution in [0.1, 0.15) is 38.7 Å². The number of phenolic OH excluding ortho intramolecular Hbond substituents is 3. The third kappa shape index (κ3) is 10.9. The Kier molecular flexibility index (Phi) is 15.8. The number of carbonyl (C=O) groups excluding carboxylic acids is 2. The van der Waals surface area contributed by atoms with E-state index in [0.717, 1.165) is 23.8 Å². The molecule has 1 aliphatic heterocycles. The average molecular weight is 863 g/mol. The highest BCUT2D eigenvalue weighted by molar-refractivity contribution is 5.92. The van der Waals surface area contributed by atoms with Gasteiger partial charge >= 0.3 is 11.9 Å². The Morgan fingerprint density at radius 3 is 1.92 bits per heavy atom. The van der Waals surface area contributed by atoms with E-state index in [4.69, 9.17) is 18.6 Å². The molecular formula is C45H50O17. The number of fused-ring (bicyclic) bond motifs is 2. The van der Waals surface area contributed by atoms with Gasteiger partial charge in [0.15, 0.2) is 11.5 Å². The third-order valence-corrected chi connectivity index (χ3v) is 10.6. The van der Waals surface area contributed by atoms with Gasteiger partial charge in [0.25, 0.3) is 0 Å². The fraction of sp³-hybridized carbons (Fsp3) is 0.356. The minimum Gasteiger partial charge on any atom is -0.508 e. The maximum absolute atomic E-state index is 13.3. The number of aromatic hydroxyl groups is 3. The summed E-state index contributed by atoms with van der Waals surface area (Å²) in [5.74, 6) is -4.81. The van der Waals surface area contributed by atoms with Crippen LogP contribution in [0.25, 0.3) is 21.9 Å². The van der Waals surface area contributed by atoms with Crippen molar-refractivity contribution < 1.29 is 79.3 Å². The van der Waals surface area contributed by atoms with Crippen LogP contribution in [0.3, 0.4) is 0 Å². The highest BCUT2D eigenvalue weighted by Gasteiger charge is 2.46. The minimum absolute atomic E-state index is 0.00729. The molecule has 1 saturated carbocycles. The van der Waals surface area contributed by atoms with Gasteiger partial charge in [-0.2, -0.15) is 0 Å². The number of ether oxygens (including phenoxy) is 3. The molecule has 2 aliphatic rings. The molecule has 2 aromatic carbocycles. The van der Waals surface area contributed by atoms with E-state index in [0.29, 0.717) is 0 Å². The molecule has 1 aromatic heterocycles. The molecule has 17 nitrogen and oxygen atoms in total. The first-order valence-electron chi connectivity index (χ1n) is 19.5. The van der Waals surface area contributed by atoms with Crippen LogP contribution >= 0.6 is 0 Å². The average Bonchev–Trinajstić information content (AvgIpc) is 3.24. The summed E-state index contributed by atoms with van der Waals surface area (Å²) < 4.78 is 21.4. The Bertz CT molecular complexity index is 2400. The van der Waals surface area contributed by atoms with E-state index in [1.165, 1.54) is 32.1 Å². The number of hydrogen-bond acceptors (Lipinski definition) is 17. The first-order chi connectivity index (χ1) is 29.4. The summed E-state index contributed by atoms with van der Waals surface area (Å²) in [7, 11) is 0. The van der Waals surface area contributed by atoms with Gasteiger partial charge in [-0.3, -0.25) is 4.79 Å². The molecule has 62 heavy (non-hydrogen) atoms. The van der Waals surface area contributed by atoms with Crippen LogP contribution < -0.4 is 5.43 Å². The molecule has 0 radical (unpaired) electrons. The van der Waals surface area contributed by atoms with Gasteiger partial charge in [0, 0.05) is 40.7 Å². The van der Waals surface area contributed by atoms with Gasteiger partial charge in [0.2, 0.25) is 11.7 Å². The number of hydrogen-bond donors (Lipinski definition) is 10. The molecule has 10 atom stereocenters. The second-order valence-electron chi connectivity index (χ2n) is 15.1. The van der Waals surface area contributed by atoms with Crippen molar-refractivity contribution >= 4 is 33.9 Å². The van der Waals surface area contributed by atoms with Crippen LogP contribution in [0.4, 0.5) is 0 Å². The number of benzene rings is 2. The molecule has 2 fully saturated rings. The smallest absolute Gasteiger partial charge is 0.336 e.